The number of carboxylic acids is 1. The van der Waals surface area contributed by atoms with Crippen LogP contribution in [0.2, 0.25) is 0 Å². The largest absolute Gasteiger partial charge is 0.496 e. The van der Waals surface area contributed by atoms with Crippen molar-refractivity contribution < 1.29 is 19.4 Å². The minimum absolute atomic E-state index is 0.639. The highest BCUT2D eigenvalue weighted by atomic mass is 16.5. The number of hydrogen-bond donors (Lipinski definition) is 1. The Bertz CT molecular complexity index is 714. The van der Waals surface area contributed by atoms with E-state index in [-0.39, 0.29) is 0 Å². The van der Waals surface area contributed by atoms with E-state index in [1.54, 1.807) is 14.2 Å². The molecule has 0 heterocycles. The van der Waals surface area contributed by atoms with E-state index in [1.807, 2.05) is 30.3 Å². The van der Waals surface area contributed by atoms with Gasteiger partial charge >= 0.3 is 5.97 Å². The lowest BCUT2D eigenvalue weighted by molar-refractivity contribution is -0.143. The van der Waals surface area contributed by atoms with E-state index in [2.05, 4.69) is 0 Å². The van der Waals surface area contributed by atoms with Crippen molar-refractivity contribution in [1.82, 2.24) is 0 Å². The van der Waals surface area contributed by atoms with Gasteiger partial charge in [-0.2, -0.15) is 0 Å². The molecular weight excluding hydrogens is 280 g/mol. The van der Waals surface area contributed by atoms with Gasteiger partial charge in [0.05, 0.1) is 19.6 Å². The second-order valence-electron chi connectivity index (χ2n) is 5.80. The van der Waals surface area contributed by atoms with E-state index in [4.69, 9.17) is 9.47 Å². The summed E-state index contributed by atoms with van der Waals surface area (Å²) in [6.07, 6.45) is 3.12. The summed E-state index contributed by atoms with van der Waals surface area (Å²) < 4.78 is 11.1. The van der Waals surface area contributed by atoms with E-state index in [1.165, 1.54) is 0 Å². The Labute approximate surface area is 129 Å². The van der Waals surface area contributed by atoms with Crippen LogP contribution in [0.15, 0.2) is 30.3 Å². The topological polar surface area (TPSA) is 55.8 Å². The van der Waals surface area contributed by atoms with Gasteiger partial charge in [0.15, 0.2) is 0 Å². The Kier molecular flexibility index (Phi) is 3.69. The highest BCUT2D eigenvalue weighted by molar-refractivity contribution is 5.97. The maximum atomic E-state index is 12.0. The fourth-order valence-corrected chi connectivity index (χ4v) is 3.64. The van der Waals surface area contributed by atoms with Crippen molar-refractivity contribution in [3.8, 4) is 11.5 Å². The van der Waals surface area contributed by atoms with Crippen molar-refractivity contribution in [2.24, 2.45) is 0 Å². The van der Waals surface area contributed by atoms with Gasteiger partial charge in [-0.05, 0) is 18.9 Å². The van der Waals surface area contributed by atoms with E-state index in [0.717, 1.165) is 29.2 Å². The summed E-state index contributed by atoms with van der Waals surface area (Å²) in [7, 11) is 3.21. The number of rotatable bonds is 4. The molecule has 0 atom stereocenters. The van der Waals surface area contributed by atoms with Crippen molar-refractivity contribution in [2.75, 3.05) is 14.2 Å². The van der Waals surface area contributed by atoms with Crippen LogP contribution in [0, 0.1) is 0 Å². The highest BCUT2D eigenvalue weighted by Crippen LogP contribution is 2.49. The molecule has 0 aromatic heterocycles. The van der Waals surface area contributed by atoms with Gasteiger partial charge < -0.3 is 14.6 Å². The van der Waals surface area contributed by atoms with Crippen LogP contribution in [0.1, 0.15) is 31.2 Å². The zero-order valence-corrected chi connectivity index (χ0v) is 12.9. The Morgan fingerprint density at radius 1 is 1.09 bits per heavy atom. The summed E-state index contributed by atoms with van der Waals surface area (Å²) in [6, 6.07) is 9.62. The molecule has 3 rings (SSSR count). The molecule has 0 radical (unpaired) electrons. The zero-order chi connectivity index (χ0) is 15.7. The quantitative estimate of drug-likeness (QED) is 0.934. The first-order chi connectivity index (χ1) is 10.6. The first-order valence-corrected chi connectivity index (χ1v) is 7.51. The third-order valence-electron chi connectivity index (χ3n) is 4.76. The van der Waals surface area contributed by atoms with Crippen LogP contribution in [-0.4, -0.2) is 25.3 Å². The van der Waals surface area contributed by atoms with Gasteiger partial charge in [-0.15, -0.1) is 0 Å². The first-order valence-electron chi connectivity index (χ1n) is 7.51. The van der Waals surface area contributed by atoms with Gasteiger partial charge in [0, 0.05) is 16.3 Å². The Balaban J connectivity index is 2.36. The van der Waals surface area contributed by atoms with E-state index < -0.39 is 11.4 Å². The van der Waals surface area contributed by atoms with Crippen LogP contribution in [0.4, 0.5) is 0 Å². The van der Waals surface area contributed by atoms with Gasteiger partial charge in [-0.3, -0.25) is 4.79 Å². The van der Waals surface area contributed by atoms with Crippen LogP contribution < -0.4 is 9.47 Å². The standard InChI is InChI=1S/C18H20O4/c1-21-15-11-14(18(17(19)20)9-5-6-10-18)16(22-2)13-8-4-3-7-12(13)15/h3-4,7-8,11H,5-6,9-10H2,1-2H3,(H,19,20). The summed E-state index contributed by atoms with van der Waals surface area (Å²) in [6.45, 7) is 0. The van der Waals surface area contributed by atoms with Crippen LogP contribution in [0.5, 0.6) is 11.5 Å². The normalized spacial score (nSPS) is 16.6. The van der Waals surface area contributed by atoms with Gasteiger partial charge in [0.2, 0.25) is 0 Å². The predicted octanol–water partition coefficient (Wildman–Crippen LogP) is 3.75. The molecule has 2 aromatic carbocycles. The molecule has 1 saturated carbocycles. The van der Waals surface area contributed by atoms with E-state index >= 15 is 0 Å². The number of carbonyl (C=O) groups is 1. The fraction of sp³-hybridized carbons (Fsp3) is 0.389. The third-order valence-corrected chi connectivity index (χ3v) is 4.76. The van der Waals surface area contributed by atoms with Gasteiger partial charge in [-0.1, -0.05) is 37.1 Å². The molecular formula is C18H20O4. The molecule has 22 heavy (non-hydrogen) atoms. The van der Waals surface area contributed by atoms with Crippen LogP contribution in [-0.2, 0) is 10.2 Å². The predicted molar refractivity (Wildman–Crippen MR) is 84.8 cm³/mol. The van der Waals surface area contributed by atoms with Gasteiger partial charge in [-0.25, -0.2) is 0 Å². The maximum absolute atomic E-state index is 12.0. The second kappa shape index (κ2) is 5.52. The lowest BCUT2D eigenvalue weighted by Crippen LogP contribution is -2.33. The molecule has 0 unspecified atom stereocenters. The second-order valence-corrected chi connectivity index (χ2v) is 5.80. The molecule has 1 N–H and O–H groups in total. The summed E-state index contributed by atoms with van der Waals surface area (Å²) in [5, 5.41) is 11.7. The Morgan fingerprint density at radius 3 is 2.27 bits per heavy atom. The number of ether oxygens (including phenoxy) is 2. The molecule has 116 valence electrons. The minimum atomic E-state index is -0.872. The molecule has 1 fully saturated rings. The zero-order valence-electron chi connectivity index (χ0n) is 12.9. The number of methoxy groups -OCH3 is 2. The molecule has 0 bridgehead atoms. The van der Waals surface area contributed by atoms with Crippen molar-refractivity contribution >= 4 is 16.7 Å². The molecule has 1 aliphatic carbocycles. The first kappa shape index (κ1) is 14.7. The molecule has 0 aliphatic heterocycles. The number of carboxylic acid groups (broad SMARTS) is 1. The molecule has 0 spiro atoms. The number of benzene rings is 2. The summed E-state index contributed by atoms with van der Waals surface area (Å²) >= 11 is 0. The average Bonchev–Trinajstić information content (AvgIpc) is 3.04. The maximum Gasteiger partial charge on any atom is 0.314 e. The van der Waals surface area contributed by atoms with Gasteiger partial charge in [0.25, 0.3) is 0 Å². The van der Waals surface area contributed by atoms with Crippen molar-refractivity contribution in [2.45, 2.75) is 31.1 Å². The number of aliphatic carboxylic acids is 1. The van der Waals surface area contributed by atoms with E-state index in [0.29, 0.717) is 24.3 Å². The molecule has 0 amide bonds. The monoisotopic (exact) mass is 300 g/mol. The minimum Gasteiger partial charge on any atom is -0.496 e. The third kappa shape index (κ3) is 2.02. The van der Waals surface area contributed by atoms with Crippen LogP contribution in [0.25, 0.3) is 10.8 Å². The molecule has 4 heteroatoms. The smallest absolute Gasteiger partial charge is 0.314 e. The van der Waals surface area contributed by atoms with Crippen molar-refractivity contribution in [3.63, 3.8) is 0 Å². The van der Waals surface area contributed by atoms with Crippen LogP contribution in [0.3, 0.4) is 0 Å². The number of hydrogen-bond acceptors (Lipinski definition) is 3. The average molecular weight is 300 g/mol. The molecule has 2 aromatic rings. The summed E-state index contributed by atoms with van der Waals surface area (Å²) in [5.41, 5.74) is -0.140. The molecule has 0 saturated heterocycles. The van der Waals surface area contributed by atoms with Gasteiger partial charge in [0.1, 0.15) is 11.5 Å². The lowest BCUT2D eigenvalue weighted by atomic mass is 9.77. The summed E-state index contributed by atoms with van der Waals surface area (Å²) in [5.74, 6) is 0.570. The Morgan fingerprint density at radius 2 is 1.73 bits per heavy atom. The van der Waals surface area contributed by atoms with E-state index in [9.17, 15) is 9.90 Å². The van der Waals surface area contributed by atoms with Crippen molar-refractivity contribution in [1.29, 1.82) is 0 Å². The fourth-order valence-electron chi connectivity index (χ4n) is 3.64. The molecule has 4 nitrogen and oxygen atoms in total. The summed E-state index contributed by atoms with van der Waals surface area (Å²) in [4.78, 5) is 12.0. The van der Waals surface area contributed by atoms with Crippen LogP contribution >= 0.6 is 0 Å². The SMILES string of the molecule is COc1cc(C2(C(=O)O)CCCC2)c(OC)c2ccccc12. The lowest BCUT2D eigenvalue weighted by Gasteiger charge is -2.28. The van der Waals surface area contributed by atoms with Crippen molar-refractivity contribution in [3.05, 3.63) is 35.9 Å². The number of fused-ring (bicyclic) bond motifs is 1. The Hall–Kier alpha value is -2.23. The highest BCUT2D eigenvalue weighted by Gasteiger charge is 2.45. The molecule has 1 aliphatic rings.